The van der Waals surface area contributed by atoms with Crippen molar-refractivity contribution in [3.8, 4) is 18.2 Å². The number of fused-ring (bicyclic) bond motifs is 1. The minimum atomic E-state index is -0.679. The quantitative estimate of drug-likeness (QED) is 0.463. The number of benzene rings is 1. The predicted molar refractivity (Wildman–Crippen MR) is 134 cm³/mol. The molecule has 1 saturated carbocycles. The number of pyridine rings is 1. The van der Waals surface area contributed by atoms with E-state index >= 15 is 0 Å². The highest BCUT2D eigenvalue weighted by Crippen LogP contribution is 2.39. The van der Waals surface area contributed by atoms with Gasteiger partial charge in [-0.2, -0.15) is 15.8 Å². The molecule has 2 fully saturated rings. The molecule has 0 spiro atoms. The second-order valence-corrected chi connectivity index (χ2v) is 8.75. The standard InChI is InChI=1S/C26H27N7O3/c1-3-31-7-9-32(10-8-31)24-12-23-19(11-21(24)30-22(15-29)17(13-27)14-28)25(34)20(26(35)36-4-2)16-33(23)18-5-6-18/h11-12,16,18,30H,3-10H2,1-2H3. The van der Waals surface area contributed by atoms with Crippen molar-refractivity contribution in [3.05, 3.63) is 45.4 Å². The summed E-state index contributed by atoms with van der Waals surface area (Å²) < 4.78 is 7.09. The monoisotopic (exact) mass is 485 g/mol. The number of carbonyl (C=O) groups is 1. The maximum atomic E-state index is 13.4. The molecular weight excluding hydrogens is 458 g/mol. The van der Waals surface area contributed by atoms with Crippen molar-refractivity contribution in [3.63, 3.8) is 0 Å². The van der Waals surface area contributed by atoms with Crippen LogP contribution in [0.5, 0.6) is 0 Å². The SMILES string of the molecule is CCOC(=O)c1cn(C2CC2)c2cc(N3CCN(CC)CC3)c(NC(C#N)=C(C#N)C#N)cc2c1=O. The molecule has 0 unspecified atom stereocenters. The Balaban J connectivity index is 1.94. The third-order valence-electron chi connectivity index (χ3n) is 6.59. The van der Waals surface area contributed by atoms with Crippen LogP contribution in [0.25, 0.3) is 10.9 Å². The van der Waals surface area contributed by atoms with Gasteiger partial charge in [0.25, 0.3) is 0 Å². The molecule has 1 aromatic carbocycles. The Morgan fingerprint density at radius 2 is 1.78 bits per heavy atom. The minimum absolute atomic E-state index is 0.0442. The Morgan fingerprint density at radius 1 is 1.08 bits per heavy atom. The van der Waals surface area contributed by atoms with Gasteiger partial charge in [0.1, 0.15) is 29.5 Å². The van der Waals surface area contributed by atoms with Crippen molar-refractivity contribution >= 4 is 28.2 Å². The van der Waals surface area contributed by atoms with E-state index in [-0.39, 0.29) is 29.5 Å². The fourth-order valence-electron chi connectivity index (χ4n) is 4.48. The van der Waals surface area contributed by atoms with Gasteiger partial charge in [0.15, 0.2) is 5.57 Å². The number of rotatable bonds is 7. The number of nitrogens with one attached hydrogen (secondary N) is 1. The zero-order valence-corrected chi connectivity index (χ0v) is 20.4. The number of piperazine rings is 1. The molecule has 0 bridgehead atoms. The molecule has 2 aliphatic rings. The number of nitrogens with zero attached hydrogens (tertiary/aromatic N) is 6. The van der Waals surface area contributed by atoms with Crippen molar-refractivity contribution in [2.24, 2.45) is 0 Å². The summed E-state index contributed by atoms with van der Waals surface area (Å²) >= 11 is 0. The Morgan fingerprint density at radius 3 is 2.33 bits per heavy atom. The first-order valence-corrected chi connectivity index (χ1v) is 12.0. The van der Waals surface area contributed by atoms with Crippen LogP contribution >= 0.6 is 0 Å². The summed E-state index contributed by atoms with van der Waals surface area (Å²) in [6, 6.07) is 9.07. The van der Waals surface area contributed by atoms with Crippen LogP contribution in [0.15, 0.2) is 34.4 Å². The Kier molecular flexibility index (Phi) is 7.24. The minimum Gasteiger partial charge on any atom is -0.462 e. The number of aromatic nitrogens is 1. The van der Waals surface area contributed by atoms with E-state index in [2.05, 4.69) is 22.0 Å². The Labute approximate surface area is 209 Å². The first kappa shape index (κ1) is 24.8. The molecule has 10 nitrogen and oxygen atoms in total. The summed E-state index contributed by atoms with van der Waals surface area (Å²) in [6.45, 7) is 8.07. The van der Waals surface area contributed by atoms with Crippen LogP contribution in [-0.2, 0) is 4.74 Å². The lowest BCUT2D eigenvalue weighted by Gasteiger charge is -2.36. The van der Waals surface area contributed by atoms with E-state index in [0.29, 0.717) is 16.6 Å². The van der Waals surface area contributed by atoms with Gasteiger partial charge in [0.2, 0.25) is 5.43 Å². The zero-order chi connectivity index (χ0) is 25.8. The fourth-order valence-corrected chi connectivity index (χ4v) is 4.48. The van der Waals surface area contributed by atoms with Gasteiger partial charge in [-0.15, -0.1) is 0 Å². The molecule has 0 radical (unpaired) electrons. The summed E-state index contributed by atoms with van der Waals surface area (Å²) in [5, 5.41) is 31.5. The van der Waals surface area contributed by atoms with Crippen LogP contribution in [0, 0.1) is 34.0 Å². The molecule has 0 amide bonds. The third-order valence-corrected chi connectivity index (χ3v) is 6.59. The molecule has 1 aliphatic carbocycles. The van der Waals surface area contributed by atoms with Gasteiger partial charge in [0.05, 0.1) is 23.5 Å². The van der Waals surface area contributed by atoms with Crippen LogP contribution < -0.4 is 15.6 Å². The second-order valence-electron chi connectivity index (χ2n) is 8.75. The van der Waals surface area contributed by atoms with E-state index in [1.165, 1.54) is 0 Å². The number of hydrogen-bond acceptors (Lipinski definition) is 9. The van der Waals surface area contributed by atoms with E-state index in [9.17, 15) is 25.4 Å². The molecular formula is C26H27N7O3. The van der Waals surface area contributed by atoms with Gasteiger partial charge in [-0.25, -0.2) is 4.79 Å². The van der Waals surface area contributed by atoms with Crippen LogP contribution in [0.3, 0.4) is 0 Å². The molecule has 2 heterocycles. The topological polar surface area (TPSA) is 138 Å². The number of likely N-dealkylation sites (N-methyl/N-ethyl adjacent to an activating group) is 1. The number of nitriles is 3. The van der Waals surface area contributed by atoms with Crippen molar-refractivity contribution in [2.45, 2.75) is 32.7 Å². The van der Waals surface area contributed by atoms with Gasteiger partial charge < -0.3 is 24.4 Å². The fraction of sp³-hybridized carbons (Fsp3) is 0.423. The maximum absolute atomic E-state index is 13.4. The van der Waals surface area contributed by atoms with Gasteiger partial charge >= 0.3 is 5.97 Å². The van der Waals surface area contributed by atoms with Gasteiger partial charge in [-0.1, -0.05) is 6.92 Å². The van der Waals surface area contributed by atoms with E-state index in [1.54, 1.807) is 31.3 Å². The van der Waals surface area contributed by atoms with Gasteiger partial charge in [0, 0.05) is 43.8 Å². The molecule has 1 saturated heterocycles. The Bertz CT molecular complexity index is 1390. The zero-order valence-electron chi connectivity index (χ0n) is 20.4. The normalized spacial score (nSPS) is 15.5. The molecule has 2 aromatic rings. The number of carbonyl (C=O) groups excluding carboxylic acids is 1. The largest absolute Gasteiger partial charge is 0.462 e. The first-order valence-electron chi connectivity index (χ1n) is 12.0. The lowest BCUT2D eigenvalue weighted by atomic mass is 10.1. The molecule has 0 atom stereocenters. The van der Waals surface area contributed by atoms with Crippen molar-refractivity contribution in [2.75, 3.05) is 49.5 Å². The first-order chi connectivity index (χ1) is 17.4. The second kappa shape index (κ2) is 10.5. The average molecular weight is 486 g/mol. The number of allylic oxidation sites excluding steroid dienone is 2. The van der Waals surface area contributed by atoms with Gasteiger partial charge in [-0.3, -0.25) is 4.79 Å². The highest BCUT2D eigenvalue weighted by Gasteiger charge is 2.29. The summed E-state index contributed by atoms with van der Waals surface area (Å²) in [6.07, 6.45) is 3.48. The summed E-state index contributed by atoms with van der Waals surface area (Å²) in [5.41, 5.74) is 0.821. The van der Waals surface area contributed by atoms with Gasteiger partial charge in [-0.05, 0) is 38.4 Å². The lowest BCUT2D eigenvalue weighted by Crippen LogP contribution is -2.46. The van der Waals surface area contributed by atoms with E-state index < -0.39 is 11.4 Å². The highest BCUT2D eigenvalue weighted by atomic mass is 16.5. The molecule has 1 N–H and O–H groups in total. The summed E-state index contributed by atoms with van der Waals surface area (Å²) in [5.74, 6) is -0.679. The average Bonchev–Trinajstić information content (AvgIpc) is 3.74. The number of esters is 1. The lowest BCUT2D eigenvalue weighted by molar-refractivity contribution is 0.0524. The van der Waals surface area contributed by atoms with Crippen LogP contribution in [0.1, 0.15) is 43.1 Å². The van der Waals surface area contributed by atoms with Crippen LogP contribution in [0.4, 0.5) is 11.4 Å². The van der Waals surface area contributed by atoms with Crippen LogP contribution in [-0.4, -0.2) is 54.8 Å². The molecule has 4 rings (SSSR count). The number of anilines is 2. The maximum Gasteiger partial charge on any atom is 0.343 e. The van der Waals surface area contributed by atoms with E-state index in [1.807, 2.05) is 16.7 Å². The van der Waals surface area contributed by atoms with Crippen molar-refractivity contribution in [1.29, 1.82) is 15.8 Å². The van der Waals surface area contributed by atoms with Crippen molar-refractivity contribution in [1.82, 2.24) is 9.47 Å². The van der Waals surface area contributed by atoms with E-state index in [0.717, 1.165) is 51.3 Å². The van der Waals surface area contributed by atoms with Crippen molar-refractivity contribution < 1.29 is 9.53 Å². The number of hydrogen-bond donors (Lipinski definition) is 1. The molecule has 10 heteroatoms. The summed E-state index contributed by atoms with van der Waals surface area (Å²) in [7, 11) is 0. The Hall–Kier alpha value is -4.33. The molecule has 184 valence electrons. The predicted octanol–water partition coefficient (Wildman–Crippen LogP) is 2.89. The summed E-state index contributed by atoms with van der Waals surface area (Å²) in [4.78, 5) is 30.5. The van der Waals surface area contributed by atoms with Crippen LogP contribution in [0.2, 0.25) is 0 Å². The molecule has 1 aromatic heterocycles. The smallest absolute Gasteiger partial charge is 0.343 e. The molecule has 36 heavy (non-hydrogen) atoms. The van der Waals surface area contributed by atoms with E-state index in [4.69, 9.17) is 4.74 Å². The third kappa shape index (κ3) is 4.75. The molecule has 1 aliphatic heterocycles. The highest BCUT2D eigenvalue weighted by molar-refractivity contribution is 5.97. The number of ether oxygens (including phenoxy) is 1.